The Bertz CT molecular complexity index is 1790. The van der Waals surface area contributed by atoms with Gasteiger partial charge in [-0.3, -0.25) is 4.57 Å². The zero-order valence-electron chi connectivity index (χ0n) is 20.0. The molecule has 0 radical (unpaired) electrons. The maximum atomic E-state index is 13.0. The number of ether oxygens (including phenoxy) is 1. The van der Waals surface area contributed by atoms with Crippen LogP contribution in [0.25, 0.3) is 33.1 Å². The van der Waals surface area contributed by atoms with Crippen molar-refractivity contribution in [3.8, 4) is 16.9 Å². The molecule has 2 aromatic carbocycles. The Hall–Kier alpha value is -3.96. The van der Waals surface area contributed by atoms with E-state index in [-0.39, 0.29) is 22.7 Å². The van der Waals surface area contributed by atoms with Crippen LogP contribution in [0.15, 0.2) is 55.0 Å². The van der Waals surface area contributed by atoms with E-state index in [9.17, 15) is 18.3 Å². The van der Waals surface area contributed by atoms with E-state index >= 15 is 0 Å². The molecule has 3 aromatic heterocycles. The molecule has 0 aliphatic rings. The minimum atomic E-state index is -3.43. The van der Waals surface area contributed by atoms with Gasteiger partial charge >= 0.3 is 5.76 Å². The average molecular weight is 510 g/mol. The molecule has 11 heteroatoms. The largest absolute Gasteiger partial charge is 0.496 e. The minimum Gasteiger partial charge on any atom is -0.496 e. The first-order chi connectivity index (χ1) is 17.1. The van der Waals surface area contributed by atoms with E-state index in [1.807, 2.05) is 6.92 Å². The van der Waals surface area contributed by atoms with Crippen molar-refractivity contribution in [1.29, 1.82) is 0 Å². The Morgan fingerprint density at radius 1 is 1.17 bits per heavy atom. The maximum absolute atomic E-state index is 13.0. The van der Waals surface area contributed by atoms with Gasteiger partial charge in [-0.1, -0.05) is 17.3 Å². The lowest BCUT2D eigenvalue weighted by Gasteiger charge is -2.13. The maximum Gasteiger partial charge on any atom is 0.420 e. The molecule has 0 saturated carbocycles. The molecule has 5 aromatic rings. The van der Waals surface area contributed by atoms with Gasteiger partial charge in [-0.05, 0) is 43.7 Å². The van der Waals surface area contributed by atoms with Crippen LogP contribution < -0.4 is 10.5 Å². The van der Waals surface area contributed by atoms with Crippen molar-refractivity contribution in [3.05, 3.63) is 69.7 Å². The number of fused-ring (bicyclic) bond motifs is 3. The van der Waals surface area contributed by atoms with Gasteiger partial charge in [0.05, 0.1) is 41.9 Å². The van der Waals surface area contributed by atoms with E-state index in [1.54, 1.807) is 31.2 Å². The van der Waals surface area contributed by atoms with Crippen LogP contribution in [-0.4, -0.2) is 41.6 Å². The highest BCUT2D eigenvalue weighted by Gasteiger charge is 2.23. The molecule has 186 valence electrons. The number of rotatable bonds is 6. The van der Waals surface area contributed by atoms with Crippen molar-refractivity contribution in [1.82, 2.24) is 14.7 Å². The molecule has 1 N–H and O–H groups in total. The summed E-state index contributed by atoms with van der Waals surface area (Å²) in [4.78, 5) is 17.7. The summed E-state index contributed by atoms with van der Waals surface area (Å²) in [5.41, 5.74) is 4.02. The van der Waals surface area contributed by atoms with Gasteiger partial charge in [0.15, 0.2) is 15.4 Å². The summed E-state index contributed by atoms with van der Waals surface area (Å²) in [5.74, 6) is 0.461. The van der Waals surface area contributed by atoms with E-state index in [2.05, 4.69) is 10.1 Å². The van der Waals surface area contributed by atoms with Gasteiger partial charge in [-0.15, -0.1) is 0 Å². The fraction of sp³-hybridized carbons (Fsp3) is 0.240. The number of pyridine rings is 1. The van der Waals surface area contributed by atoms with Gasteiger partial charge in [0.25, 0.3) is 0 Å². The lowest BCUT2D eigenvalue weighted by atomic mass is 10.00. The zero-order chi connectivity index (χ0) is 25.8. The SMILES string of the molecule is COc1cc2c(cc1-c1c(C)noc1C)nc(CO)c1oc(=O)n(Cc3cccc(S(C)(=O)=O)c3)c12. The molecular formula is C25H23N3O7S. The van der Waals surface area contributed by atoms with Crippen molar-refractivity contribution in [2.24, 2.45) is 0 Å². The van der Waals surface area contributed by atoms with Crippen LogP contribution in [0.4, 0.5) is 0 Å². The van der Waals surface area contributed by atoms with Crippen LogP contribution in [0.1, 0.15) is 22.7 Å². The third-order valence-corrected chi connectivity index (χ3v) is 7.22. The predicted octanol–water partition coefficient (Wildman–Crippen LogP) is 3.37. The van der Waals surface area contributed by atoms with Crippen LogP contribution in [0, 0.1) is 13.8 Å². The lowest BCUT2D eigenvalue weighted by molar-refractivity contribution is 0.277. The predicted molar refractivity (Wildman–Crippen MR) is 132 cm³/mol. The summed E-state index contributed by atoms with van der Waals surface area (Å²) in [5, 5.41) is 14.6. The smallest absolute Gasteiger partial charge is 0.420 e. The Balaban J connectivity index is 1.80. The lowest BCUT2D eigenvalue weighted by Crippen LogP contribution is -2.15. The van der Waals surface area contributed by atoms with Crippen molar-refractivity contribution in [2.45, 2.75) is 31.9 Å². The van der Waals surface area contributed by atoms with E-state index in [0.29, 0.717) is 44.8 Å². The quantitative estimate of drug-likeness (QED) is 0.365. The normalized spacial score (nSPS) is 12.0. The highest BCUT2D eigenvalue weighted by atomic mass is 32.2. The van der Waals surface area contributed by atoms with Crippen molar-refractivity contribution in [3.63, 3.8) is 0 Å². The molecule has 36 heavy (non-hydrogen) atoms. The third-order valence-electron chi connectivity index (χ3n) is 6.10. The molecule has 0 amide bonds. The standard InChI is InChI=1S/C25H23N3O7S/c1-13-22(14(2)35-27-13)18-9-19-17(10-21(18)33-3)23-24(20(12-29)26-19)34-25(30)28(23)11-15-6-5-7-16(8-15)36(4,31)32/h5-10,29H,11-12H2,1-4H3. The van der Waals surface area contributed by atoms with Crippen LogP contribution in [0.3, 0.4) is 0 Å². The molecule has 0 aliphatic heterocycles. The number of aryl methyl sites for hydroxylation is 2. The van der Waals surface area contributed by atoms with Crippen LogP contribution in [-0.2, 0) is 23.0 Å². The van der Waals surface area contributed by atoms with Crippen molar-refractivity contribution in [2.75, 3.05) is 13.4 Å². The number of sulfone groups is 1. The molecule has 10 nitrogen and oxygen atoms in total. The first-order valence-electron chi connectivity index (χ1n) is 11.0. The fourth-order valence-corrected chi connectivity index (χ4v) is 5.15. The summed E-state index contributed by atoms with van der Waals surface area (Å²) in [6, 6.07) is 9.92. The van der Waals surface area contributed by atoms with Gasteiger partial charge in [0, 0.05) is 17.2 Å². The topological polar surface area (TPSA) is 138 Å². The summed E-state index contributed by atoms with van der Waals surface area (Å²) in [6.07, 6.45) is 1.13. The average Bonchev–Trinajstić information content (AvgIpc) is 3.35. The van der Waals surface area contributed by atoms with Crippen molar-refractivity contribution >= 4 is 31.8 Å². The molecule has 0 saturated heterocycles. The summed E-state index contributed by atoms with van der Waals surface area (Å²) in [7, 11) is -1.89. The second kappa shape index (κ2) is 8.61. The molecule has 0 spiro atoms. The number of benzene rings is 2. The molecule has 3 heterocycles. The van der Waals surface area contributed by atoms with E-state index < -0.39 is 22.2 Å². The van der Waals surface area contributed by atoms with Crippen molar-refractivity contribution < 1.29 is 27.2 Å². The third kappa shape index (κ3) is 3.86. The summed E-state index contributed by atoms with van der Waals surface area (Å²) < 4.78 is 42.0. The van der Waals surface area contributed by atoms with Gasteiger partial charge in [0.1, 0.15) is 22.7 Å². The number of nitrogens with zero attached hydrogens (tertiary/aromatic N) is 3. The second-order valence-electron chi connectivity index (χ2n) is 8.54. The Morgan fingerprint density at radius 3 is 2.58 bits per heavy atom. The molecular weight excluding hydrogens is 486 g/mol. The van der Waals surface area contributed by atoms with Crippen LogP contribution in [0.5, 0.6) is 5.75 Å². The first kappa shape index (κ1) is 23.8. The van der Waals surface area contributed by atoms with E-state index in [1.165, 1.54) is 23.8 Å². The van der Waals surface area contributed by atoms with Crippen LogP contribution in [0.2, 0.25) is 0 Å². The minimum absolute atomic E-state index is 0.0487. The molecule has 0 bridgehead atoms. The number of aliphatic hydroxyl groups is 1. The molecule has 0 fully saturated rings. The second-order valence-corrected chi connectivity index (χ2v) is 10.6. The van der Waals surface area contributed by atoms with Gasteiger partial charge in [-0.25, -0.2) is 18.2 Å². The fourth-order valence-electron chi connectivity index (χ4n) is 4.45. The number of aromatic nitrogens is 3. The van der Waals surface area contributed by atoms with Gasteiger partial charge in [-0.2, -0.15) is 0 Å². The number of hydrogen-bond acceptors (Lipinski definition) is 9. The highest BCUT2D eigenvalue weighted by molar-refractivity contribution is 7.90. The molecule has 0 unspecified atom stereocenters. The highest BCUT2D eigenvalue weighted by Crippen LogP contribution is 2.39. The number of hydrogen-bond donors (Lipinski definition) is 1. The molecule has 0 atom stereocenters. The van der Waals surface area contributed by atoms with Crippen LogP contribution >= 0.6 is 0 Å². The molecule has 5 rings (SSSR count). The number of aliphatic hydroxyl groups excluding tert-OH is 1. The monoisotopic (exact) mass is 509 g/mol. The van der Waals surface area contributed by atoms with Gasteiger partial charge < -0.3 is 18.8 Å². The Kier molecular flexibility index (Phi) is 5.68. The van der Waals surface area contributed by atoms with Gasteiger partial charge in [0.2, 0.25) is 0 Å². The van der Waals surface area contributed by atoms with E-state index in [4.69, 9.17) is 13.7 Å². The Morgan fingerprint density at radius 2 is 1.94 bits per heavy atom. The summed E-state index contributed by atoms with van der Waals surface area (Å²) >= 11 is 0. The first-order valence-corrected chi connectivity index (χ1v) is 12.9. The number of methoxy groups -OCH3 is 1. The number of oxazole rings is 1. The van der Waals surface area contributed by atoms with E-state index in [0.717, 1.165) is 11.8 Å². The molecule has 0 aliphatic carbocycles. The summed E-state index contributed by atoms with van der Waals surface area (Å²) in [6.45, 7) is 3.22. The Labute approximate surface area is 205 Å². The zero-order valence-corrected chi connectivity index (χ0v) is 20.8.